The molecule has 0 aromatic carbocycles. The molecule has 0 fully saturated rings. The molecule has 0 atom stereocenters. The number of nitrogens with zero attached hydrogens (tertiary/aromatic N) is 2. The van der Waals surface area contributed by atoms with Crippen molar-refractivity contribution in [2.45, 2.75) is 6.92 Å². The van der Waals surface area contributed by atoms with Crippen LogP contribution >= 0.6 is 39.1 Å². The normalized spacial score (nSPS) is 10.9. The molecule has 5 heteroatoms. The van der Waals surface area contributed by atoms with Crippen LogP contribution in [0.4, 0.5) is 0 Å². The van der Waals surface area contributed by atoms with E-state index in [1.165, 1.54) is 0 Å². The molecule has 0 aliphatic rings. The number of hydrogen-bond donors (Lipinski definition) is 0. The van der Waals surface area contributed by atoms with Crippen molar-refractivity contribution in [2.75, 3.05) is 0 Å². The van der Waals surface area contributed by atoms with Crippen LogP contribution in [-0.4, -0.2) is 9.97 Å². The van der Waals surface area contributed by atoms with E-state index in [4.69, 9.17) is 23.2 Å². The van der Waals surface area contributed by atoms with Gasteiger partial charge in [-0.05, 0) is 35.0 Å². The van der Waals surface area contributed by atoms with Crippen LogP contribution in [0.1, 0.15) is 5.69 Å². The average Bonchev–Trinajstić information content (AvgIpc) is 2.16. The van der Waals surface area contributed by atoms with E-state index in [1.807, 2.05) is 19.1 Å². The van der Waals surface area contributed by atoms with Gasteiger partial charge in [-0.1, -0.05) is 23.2 Å². The molecule has 72 valence electrons. The van der Waals surface area contributed by atoms with Crippen LogP contribution in [-0.2, 0) is 0 Å². The fraction of sp³-hybridized carbons (Fsp3) is 0.111. The van der Waals surface area contributed by atoms with Crippen molar-refractivity contribution < 1.29 is 0 Å². The van der Waals surface area contributed by atoms with Crippen molar-refractivity contribution in [3.8, 4) is 0 Å². The molecule has 0 saturated carbocycles. The molecule has 0 spiro atoms. The molecule has 0 bridgehead atoms. The second-order valence-electron chi connectivity index (χ2n) is 2.83. The number of pyridine rings is 2. The summed E-state index contributed by atoms with van der Waals surface area (Å²) in [7, 11) is 0. The van der Waals surface area contributed by atoms with Gasteiger partial charge >= 0.3 is 0 Å². The van der Waals surface area contributed by atoms with Crippen LogP contribution in [0, 0.1) is 6.92 Å². The maximum atomic E-state index is 6.05. The lowest BCUT2D eigenvalue weighted by Gasteiger charge is -2.04. The van der Waals surface area contributed by atoms with E-state index in [1.54, 1.807) is 0 Å². The van der Waals surface area contributed by atoms with E-state index in [0.717, 1.165) is 5.52 Å². The van der Waals surface area contributed by atoms with E-state index in [-0.39, 0.29) is 0 Å². The summed E-state index contributed by atoms with van der Waals surface area (Å²) in [5.41, 5.74) is 2.09. The van der Waals surface area contributed by atoms with Crippen molar-refractivity contribution in [1.82, 2.24) is 9.97 Å². The van der Waals surface area contributed by atoms with Crippen LogP contribution in [0.2, 0.25) is 10.0 Å². The number of fused-ring (bicyclic) bond motifs is 1. The highest BCUT2D eigenvalue weighted by Crippen LogP contribution is 2.31. The van der Waals surface area contributed by atoms with Gasteiger partial charge in [0.2, 0.25) is 0 Å². The molecular weight excluding hydrogens is 287 g/mol. The summed E-state index contributed by atoms with van der Waals surface area (Å²) < 4.78 is 0.716. The molecule has 2 heterocycles. The maximum absolute atomic E-state index is 6.05. The molecule has 2 nitrogen and oxygen atoms in total. The first-order valence-corrected chi connectivity index (χ1v) is 5.42. The van der Waals surface area contributed by atoms with E-state index in [9.17, 15) is 0 Å². The van der Waals surface area contributed by atoms with Gasteiger partial charge < -0.3 is 0 Å². The van der Waals surface area contributed by atoms with Crippen LogP contribution in [0.3, 0.4) is 0 Å². The van der Waals surface area contributed by atoms with Gasteiger partial charge in [0.05, 0.1) is 21.3 Å². The van der Waals surface area contributed by atoms with Gasteiger partial charge in [0.15, 0.2) is 0 Å². The summed E-state index contributed by atoms with van der Waals surface area (Å²) in [6, 6.07) is 3.67. The average molecular weight is 292 g/mol. The molecule has 0 amide bonds. The van der Waals surface area contributed by atoms with Crippen molar-refractivity contribution in [1.29, 1.82) is 0 Å². The third kappa shape index (κ3) is 1.60. The number of rotatable bonds is 0. The number of aryl methyl sites for hydroxylation is 1. The monoisotopic (exact) mass is 290 g/mol. The van der Waals surface area contributed by atoms with Crippen LogP contribution in [0.5, 0.6) is 0 Å². The molecule has 2 rings (SSSR count). The minimum atomic E-state index is 0.454. The Morgan fingerprint density at radius 2 is 1.86 bits per heavy atom. The standard InChI is InChI=1S/C9H5BrCl2N2/c1-4-7(11)8(12)9-5(13-4)2-3-6(10)14-9/h2-3H,1H3. The topological polar surface area (TPSA) is 25.8 Å². The molecule has 0 N–H and O–H groups in total. The van der Waals surface area contributed by atoms with E-state index >= 15 is 0 Å². The van der Waals surface area contributed by atoms with Gasteiger partial charge in [-0.3, -0.25) is 0 Å². The van der Waals surface area contributed by atoms with Crippen LogP contribution < -0.4 is 0 Å². The first-order chi connectivity index (χ1) is 6.59. The maximum Gasteiger partial charge on any atom is 0.110 e. The Labute approximate surface area is 99.4 Å². The van der Waals surface area contributed by atoms with E-state index in [2.05, 4.69) is 25.9 Å². The summed E-state index contributed by atoms with van der Waals surface area (Å²) in [5, 5.41) is 0.917. The number of halogens is 3. The minimum Gasteiger partial charge on any atom is -0.250 e. The van der Waals surface area contributed by atoms with E-state index < -0.39 is 0 Å². The molecule has 14 heavy (non-hydrogen) atoms. The van der Waals surface area contributed by atoms with Gasteiger partial charge in [0.1, 0.15) is 10.1 Å². The van der Waals surface area contributed by atoms with Crippen LogP contribution in [0.25, 0.3) is 11.0 Å². The summed E-state index contributed by atoms with van der Waals surface area (Å²) in [4.78, 5) is 8.49. The Kier molecular flexibility index (Phi) is 2.64. The highest BCUT2D eigenvalue weighted by Gasteiger charge is 2.10. The Morgan fingerprint density at radius 3 is 2.57 bits per heavy atom. The zero-order chi connectivity index (χ0) is 10.3. The van der Waals surface area contributed by atoms with Gasteiger partial charge in [-0.2, -0.15) is 0 Å². The lowest BCUT2D eigenvalue weighted by molar-refractivity contribution is 1.23. The van der Waals surface area contributed by atoms with Crippen molar-refractivity contribution in [3.63, 3.8) is 0 Å². The van der Waals surface area contributed by atoms with E-state index in [0.29, 0.717) is 25.9 Å². The third-order valence-corrected chi connectivity index (χ3v) is 3.22. The highest BCUT2D eigenvalue weighted by atomic mass is 79.9. The van der Waals surface area contributed by atoms with Crippen molar-refractivity contribution in [2.24, 2.45) is 0 Å². The zero-order valence-corrected chi connectivity index (χ0v) is 10.3. The molecule has 0 saturated heterocycles. The van der Waals surface area contributed by atoms with Gasteiger partial charge in [0, 0.05) is 0 Å². The molecule has 0 unspecified atom stereocenters. The fourth-order valence-corrected chi connectivity index (χ4v) is 1.89. The largest absolute Gasteiger partial charge is 0.250 e. The Bertz CT molecular complexity index is 514. The first kappa shape index (κ1) is 10.1. The lowest BCUT2D eigenvalue weighted by Crippen LogP contribution is -1.90. The fourth-order valence-electron chi connectivity index (χ4n) is 1.17. The molecule has 0 radical (unpaired) electrons. The zero-order valence-electron chi connectivity index (χ0n) is 7.18. The Balaban J connectivity index is 2.92. The summed E-state index contributed by atoms with van der Waals surface area (Å²) in [6.45, 7) is 1.82. The highest BCUT2D eigenvalue weighted by molar-refractivity contribution is 9.10. The summed E-state index contributed by atoms with van der Waals surface area (Å²) in [6.07, 6.45) is 0. The number of aromatic nitrogens is 2. The SMILES string of the molecule is Cc1nc2ccc(Br)nc2c(Cl)c1Cl. The van der Waals surface area contributed by atoms with Gasteiger partial charge in [0.25, 0.3) is 0 Å². The Morgan fingerprint density at radius 1 is 1.14 bits per heavy atom. The smallest absolute Gasteiger partial charge is 0.110 e. The Hall–Kier alpha value is -0.380. The molecular formula is C9H5BrCl2N2. The van der Waals surface area contributed by atoms with Crippen LogP contribution in [0.15, 0.2) is 16.7 Å². The molecule has 2 aromatic rings. The number of hydrogen-bond acceptors (Lipinski definition) is 2. The predicted molar refractivity (Wildman–Crippen MR) is 62.0 cm³/mol. The van der Waals surface area contributed by atoms with Gasteiger partial charge in [-0.25, -0.2) is 9.97 Å². The second-order valence-corrected chi connectivity index (χ2v) is 4.40. The molecule has 0 aliphatic carbocycles. The third-order valence-electron chi connectivity index (χ3n) is 1.85. The summed E-state index contributed by atoms with van der Waals surface area (Å²) in [5.74, 6) is 0. The lowest BCUT2D eigenvalue weighted by atomic mass is 10.3. The minimum absolute atomic E-state index is 0.454. The molecule has 2 aromatic heterocycles. The predicted octanol–water partition coefficient (Wildman–Crippen LogP) is 4.01. The van der Waals surface area contributed by atoms with Gasteiger partial charge in [-0.15, -0.1) is 0 Å². The first-order valence-electron chi connectivity index (χ1n) is 3.87. The van der Waals surface area contributed by atoms with Crippen molar-refractivity contribution >= 4 is 50.2 Å². The van der Waals surface area contributed by atoms with Crippen molar-refractivity contribution in [3.05, 3.63) is 32.5 Å². The second kappa shape index (κ2) is 3.65. The molecule has 0 aliphatic heterocycles. The summed E-state index contributed by atoms with van der Waals surface area (Å²) >= 11 is 15.3. The quantitative estimate of drug-likeness (QED) is 0.686.